The molecular weight excluding hydrogens is 326 g/mol. The summed E-state index contributed by atoms with van der Waals surface area (Å²) in [5, 5.41) is 0. The summed E-state index contributed by atoms with van der Waals surface area (Å²) in [6, 6.07) is 7.13. The van der Waals surface area contributed by atoms with Crippen molar-refractivity contribution in [3.63, 3.8) is 0 Å². The van der Waals surface area contributed by atoms with Crippen LogP contribution in [0.1, 0.15) is 45.2 Å². The van der Waals surface area contributed by atoms with Crippen LogP contribution in [-0.2, 0) is 10.0 Å². The first-order valence-corrected chi connectivity index (χ1v) is 9.83. The zero-order valence-corrected chi connectivity index (χ0v) is 15.4. The zero-order valence-electron chi connectivity index (χ0n) is 14.6. The Morgan fingerprint density at radius 1 is 1.12 bits per heavy atom. The molecule has 0 aliphatic heterocycles. The second-order valence-corrected chi connectivity index (χ2v) is 7.93. The molecule has 2 rings (SSSR count). The molecule has 132 valence electrons. The van der Waals surface area contributed by atoms with Gasteiger partial charge in [0.05, 0.1) is 17.4 Å². The third-order valence-corrected chi connectivity index (χ3v) is 6.04. The summed E-state index contributed by atoms with van der Waals surface area (Å²) in [4.78, 5) is 13.1. The number of nitrogen functional groups attached to an aromatic ring is 1. The maximum absolute atomic E-state index is 13.1. The number of anilines is 1. The normalized spacial score (nSPS) is 12.0. The molecule has 0 radical (unpaired) electrons. The summed E-state index contributed by atoms with van der Waals surface area (Å²) in [5.41, 5.74) is 7.63. The van der Waals surface area contributed by atoms with E-state index in [0.717, 1.165) is 9.65 Å². The number of nitrogens with two attached hydrogens (primary N) is 1. The number of hydrogen-bond acceptors (Lipinski definition) is 4. The smallest absolute Gasteiger partial charge is 0.277 e. The van der Waals surface area contributed by atoms with E-state index >= 15 is 0 Å². The first kappa shape index (κ1) is 18.3. The van der Waals surface area contributed by atoms with Crippen molar-refractivity contribution in [2.24, 2.45) is 0 Å². The molecule has 6 nitrogen and oxygen atoms in total. The second kappa shape index (κ2) is 6.84. The van der Waals surface area contributed by atoms with Crippen molar-refractivity contribution in [1.29, 1.82) is 0 Å². The summed E-state index contributed by atoms with van der Waals surface area (Å²) < 4.78 is 27.5. The van der Waals surface area contributed by atoms with Gasteiger partial charge in [-0.25, -0.2) is 13.1 Å². The Morgan fingerprint density at radius 3 is 2.21 bits per heavy atom. The van der Waals surface area contributed by atoms with E-state index < -0.39 is 10.0 Å². The lowest BCUT2D eigenvalue weighted by Crippen LogP contribution is -2.32. The van der Waals surface area contributed by atoms with Crippen molar-refractivity contribution in [1.82, 2.24) is 8.77 Å². The van der Waals surface area contributed by atoms with E-state index in [1.165, 1.54) is 4.68 Å². The van der Waals surface area contributed by atoms with Crippen molar-refractivity contribution in [3.05, 3.63) is 40.2 Å². The fraction of sp³-hybridized carbons (Fsp3) is 0.471. The van der Waals surface area contributed by atoms with Crippen LogP contribution in [0.15, 0.2) is 29.1 Å². The monoisotopic (exact) mass is 351 g/mol. The molecule has 1 aromatic carbocycles. The first-order chi connectivity index (χ1) is 11.3. The number of aromatic nitrogens is 2. The van der Waals surface area contributed by atoms with Crippen molar-refractivity contribution in [2.75, 3.05) is 11.5 Å². The van der Waals surface area contributed by atoms with Gasteiger partial charge in [-0.2, -0.15) is 4.09 Å². The van der Waals surface area contributed by atoms with Gasteiger partial charge in [0, 0.05) is 0 Å². The molecule has 0 saturated heterocycles. The van der Waals surface area contributed by atoms with Gasteiger partial charge in [-0.3, -0.25) is 4.79 Å². The van der Waals surface area contributed by atoms with Gasteiger partial charge in [0.2, 0.25) is 0 Å². The van der Waals surface area contributed by atoms with Crippen LogP contribution >= 0.6 is 0 Å². The third-order valence-electron chi connectivity index (χ3n) is 4.41. The van der Waals surface area contributed by atoms with E-state index in [1.54, 1.807) is 13.0 Å². The molecule has 2 N–H and O–H groups in total. The fourth-order valence-corrected chi connectivity index (χ4v) is 4.09. The maximum Gasteiger partial charge on any atom is 0.277 e. The van der Waals surface area contributed by atoms with Crippen molar-refractivity contribution in [2.45, 2.75) is 46.6 Å². The van der Waals surface area contributed by atoms with Gasteiger partial charge in [0.25, 0.3) is 15.6 Å². The Kier molecular flexibility index (Phi) is 5.22. The Bertz CT molecular complexity index is 890. The molecule has 0 saturated carbocycles. The quantitative estimate of drug-likeness (QED) is 0.867. The predicted octanol–water partition coefficient (Wildman–Crippen LogP) is 2.77. The van der Waals surface area contributed by atoms with Crippen LogP contribution in [0.5, 0.6) is 0 Å². The van der Waals surface area contributed by atoms with Gasteiger partial charge < -0.3 is 5.73 Å². The highest BCUT2D eigenvalue weighted by Gasteiger charge is 2.29. The summed E-state index contributed by atoms with van der Waals surface area (Å²) >= 11 is 0. The molecule has 2 aromatic rings. The van der Waals surface area contributed by atoms with Crippen molar-refractivity contribution < 1.29 is 8.42 Å². The zero-order chi connectivity index (χ0) is 18.1. The van der Waals surface area contributed by atoms with Crippen LogP contribution in [0.4, 0.5) is 5.82 Å². The van der Waals surface area contributed by atoms with E-state index in [0.29, 0.717) is 18.4 Å². The molecule has 1 aromatic heterocycles. The number of benzene rings is 1. The summed E-state index contributed by atoms with van der Waals surface area (Å²) in [6.07, 6.45) is 1.29. The van der Waals surface area contributed by atoms with Crippen LogP contribution in [0.25, 0.3) is 11.1 Å². The average Bonchev–Trinajstić information content (AvgIpc) is 2.81. The summed E-state index contributed by atoms with van der Waals surface area (Å²) in [7, 11) is -3.69. The van der Waals surface area contributed by atoms with Crippen LogP contribution < -0.4 is 11.3 Å². The minimum absolute atomic E-state index is 0.0111. The highest BCUT2D eigenvalue weighted by atomic mass is 32.2. The largest absolute Gasteiger partial charge is 0.382 e. The van der Waals surface area contributed by atoms with Gasteiger partial charge in [0.15, 0.2) is 0 Å². The lowest BCUT2D eigenvalue weighted by molar-refractivity contribution is 0.397. The van der Waals surface area contributed by atoms with Crippen molar-refractivity contribution in [3.8, 4) is 11.1 Å². The lowest BCUT2D eigenvalue weighted by atomic mass is 10.0. The highest BCUT2D eigenvalue weighted by molar-refractivity contribution is 7.89. The lowest BCUT2D eigenvalue weighted by Gasteiger charge is -2.19. The van der Waals surface area contributed by atoms with E-state index in [2.05, 4.69) is 0 Å². The summed E-state index contributed by atoms with van der Waals surface area (Å²) in [6.45, 7) is 7.28. The fourth-order valence-electron chi connectivity index (χ4n) is 2.98. The highest BCUT2D eigenvalue weighted by Crippen LogP contribution is 2.29. The van der Waals surface area contributed by atoms with Gasteiger partial charge >= 0.3 is 0 Å². The minimum Gasteiger partial charge on any atom is -0.382 e. The van der Waals surface area contributed by atoms with Gasteiger partial charge in [-0.1, -0.05) is 38.1 Å². The minimum atomic E-state index is -3.69. The molecule has 0 spiro atoms. The number of aryl methyl sites for hydroxylation is 1. The van der Waals surface area contributed by atoms with Crippen LogP contribution in [0.2, 0.25) is 0 Å². The van der Waals surface area contributed by atoms with Crippen molar-refractivity contribution >= 4 is 15.8 Å². The topological polar surface area (TPSA) is 87.1 Å². The average molecular weight is 351 g/mol. The molecule has 0 aliphatic carbocycles. The molecule has 0 unspecified atom stereocenters. The van der Waals surface area contributed by atoms with Gasteiger partial charge in [-0.15, -0.1) is 0 Å². The number of nitrogens with zero attached hydrogens (tertiary/aromatic N) is 2. The Morgan fingerprint density at radius 2 is 1.71 bits per heavy atom. The molecule has 1 heterocycles. The molecule has 0 aliphatic rings. The van der Waals surface area contributed by atoms with E-state index in [9.17, 15) is 13.2 Å². The molecule has 24 heavy (non-hydrogen) atoms. The third kappa shape index (κ3) is 2.88. The number of hydrogen-bond donors (Lipinski definition) is 1. The Labute approximate surface area is 142 Å². The molecule has 7 heteroatoms. The first-order valence-electron chi connectivity index (χ1n) is 8.22. The maximum atomic E-state index is 13.1. The van der Waals surface area contributed by atoms with Gasteiger partial charge in [-0.05, 0) is 37.8 Å². The molecule has 0 atom stereocenters. The van der Waals surface area contributed by atoms with Crippen LogP contribution in [-0.4, -0.2) is 22.9 Å². The summed E-state index contributed by atoms with van der Waals surface area (Å²) in [5.74, 6) is -0.137. The van der Waals surface area contributed by atoms with Crippen LogP contribution in [0, 0.1) is 6.92 Å². The van der Waals surface area contributed by atoms with Crippen LogP contribution in [0.3, 0.4) is 0 Å². The number of rotatable bonds is 6. The SMILES string of the molecule is CCC(CC)n1c(=O)c(-c2ccccc2C)c(N)n1S(=O)(=O)CC. The van der Waals surface area contributed by atoms with E-state index in [4.69, 9.17) is 5.73 Å². The van der Waals surface area contributed by atoms with Gasteiger partial charge in [0.1, 0.15) is 5.82 Å². The molecular formula is C17H25N3O3S. The Balaban J connectivity index is 2.94. The second-order valence-electron chi connectivity index (χ2n) is 5.84. The standard InChI is InChI=1S/C17H25N3O3S/c1-5-13(6-2)19-17(21)15(14-11-9-8-10-12(14)4)16(18)20(19)24(22,23)7-3/h8-11,13H,5-7,18H2,1-4H3. The molecule has 0 fully saturated rings. The van der Waals surface area contributed by atoms with E-state index in [-0.39, 0.29) is 28.7 Å². The Hall–Kier alpha value is -2.02. The van der Waals surface area contributed by atoms with E-state index in [1.807, 2.05) is 39.0 Å². The molecule has 0 bridgehead atoms. The predicted molar refractivity (Wildman–Crippen MR) is 97.8 cm³/mol. The molecule has 0 amide bonds.